The molecule has 1 heterocycles. The molecule has 0 bridgehead atoms. The van der Waals surface area contributed by atoms with Crippen LogP contribution >= 0.6 is 0 Å². The van der Waals surface area contributed by atoms with E-state index in [0.717, 1.165) is 0 Å². The third-order valence-corrected chi connectivity index (χ3v) is 5.56. The highest BCUT2D eigenvalue weighted by Crippen LogP contribution is 2.19. The standard InChI is InChI=1S/C15H20FNO4S/c1-21-8-7-17(13-6-9-22(19,20)11-13)15(18)10-12-4-2-3-5-14(12)16/h2-5,13H,6-11H2,1H3. The quantitative estimate of drug-likeness (QED) is 0.782. The third kappa shape index (κ3) is 4.27. The van der Waals surface area contributed by atoms with Crippen LogP contribution in [0.25, 0.3) is 0 Å². The van der Waals surface area contributed by atoms with Crippen LogP contribution in [0.5, 0.6) is 0 Å². The average Bonchev–Trinajstić information content (AvgIpc) is 2.82. The number of halogens is 1. The Balaban J connectivity index is 2.11. The van der Waals surface area contributed by atoms with E-state index in [0.29, 0.717) is 25.1 Å². The highest BCUT2D eigenvalue weighted by molar-refractivity contribution is 7.91. The van der Waals surface area contributed by atoms with Crippen molar-refractivity contribution in [2.45, 2.75) is 18.9 Å². The number of hydrogen-bond acceptors (Lipinski definition) is 4. The second-order valence-electron chi connectivity index (χ2n) is 5.40. The van der Waals surface area contributed by atoms with Gasteiger partial charge < -0.3 is 9.64 Å². The van der Waals surface area contributed by atoms with Crippen molar-refractivity contribution in [2.75, 3.05) is 31.8 Å². The molecule has 2 rings (SSSR count). The van der Waals surface area contributed by atoms with E-state index >= 15 is 0 Å². The van der Waals surface area contributed by atoms with Gasteiger partial charge in [-0.05, 0) is 18.1 Å². The van der Waals surface area contributed by atoms with Gasteiger partial charge in [-0.1, -0.05) is 18.2 Å². The van der Waals surface area contributed by atoms with Crippen molar-refractivity contribution in [3.05, 3.63) is 35.6 Å². The molecule has 1 aromatic rings. The summed E-state index contributed by atoms with van der Waals surface area (Å²) >= 11 is 0. The summed E-state index contributed by atoms with van der Waals surface area (Å²) in [6.07, 6.45) is 0.349. The first kappa shape index (κ1) is 16.9. The van der Waals surface area contributed by atoms with Crippen LogP contribution in [0.4, 0.5) is 4.39 Å². The molecule has 0 spiro atoms. The van der Waals surface area contributed by atoms with Gasteiger partial charge in [0.1, 0.15) is 5.82 Å². The van der Waals surface area contributed by atoms with E-state index in [9.17, 15) is 17.6 Å². The van der Waals surface area contributed by atoms with Crippen molar-refractivity contribution in [3.63, 3.8) is 0 Å². The largest absolute Gasteiger partial charge is 0.383 e. The first-order valence-electron chi connectivity index (χ1n) is 7.15. The number of sulfone groups is 1. The number of methoxy groups -OCH3 is 1. The molecule has 0 N–H and O–H groups in total. The molecule has 1 aliphatic heterocycles. The van der Waals surface area contributed by atoms with Gasteiger partial charge in [-0.3, -0.25) is 4.79 Å². The third-order valence-electron chi connectivity index (χ3n) is 3.81. The van der Waals surface area contributed by atoms with Gasteiger partial charge in [0.2, 0.25) is 5.91 Å². The first-order chi connectivity index (χ1) is 10.4. The number of carbonyl (C=O) groups is 1. The highest BCUT2D eigenvalue weighted by Gasteiger charge is 2.34. The van der Waals surface area contributed by atoms with Gasteiger partial charge in [0, 0.05) is 19.7 Å². The number of ether oxygens (including phenoxy) is 1. The van der Waals surface area contributed by atoms with Gasteiger partial charge in [-0.25, -0.2) is 12.8 Å². The number of benzene rings is 1. The number of rotatable bonds is 6. The number of hydrogen-bond donors (Lipinski definition) is 0. The minimum atomic E-state index is -3.09. The topological polar surface area (TPSA) is 63.7 Å². The lowest BCUT2D eigenvalue weighted by atomic mass is 10.1. The minimum Gasteiger partial charge on any atom is -0.383 e. The van der Waals surface area contributed by atoms with Gasteiger partial charge in [0.25, 0.3) is 0 Å². The van der Waals surface area contributed by atoms with Gasteiger partial charge >= 0.3 is 0 Å². The minimum absolute atomic E-state index is 0.0280. The SMILES string of the molecule is COCCN(C(=O)Cc1ccccc1F)C1CCS(=O)(=O)C1. The van der Waals surface area contributed by atoms with Gasteiger partial charge in [-0.2, -0.15) is 0 Å². The molecule has 1 amide bonds. The van der Waals surface area contributed by atoms with E-state index in [1.807, 2.05) is 0 Å². The fourth-order valence-corrected chi connectivity index (χ4v) is 4.36. The fourth-order valence-electron chi connectivity index (χ4n) is 2.63. The summed E-state index contributed by atoms with van der Waals surface area (Å²) in [7, 11) is -1.57. The molecule has 1 fully saturated rings. The van der Waals surface area contributed by atoms with E-state index in [1.165, 1.54) is 18.1 Å². The van der Waals surface area contributed by atoms with Crippen LogP contribution in [-0.4, -0.2) is 57.0 Å². The summed E-state index contributed by atoms with van der Waals surface area (Å²) in [4.78, 5) is 14.0. The maximum atomic E-state index is 13.7. The molecule has 0 radical (unpaired) electrons. The Morgan fingerprint density at radius 3 is 2.73 bits per heavy atom. The lowest BCUT2D eigenvalue weighted by Gasteiger charge is -2.28. The first-order valence-corrected chi connectivity index (χ1v) is 8.97. The average molecular weight is 329 g/mol. The van der Waals surface area contributed by atoms with Crippen LogP contribution in [0, 0.1) is 5.82 Å². The van der Waals surface area contributed by atoms with E-state index in [2.05, 4.69) is 0 Å². The van der Waals surface area contributed by atoms with Crippen LogP contribution in [0.2, 0.25) is 0 Å². The van der Waals surface area contributed by atoms with Crippen LogP contribution in [0.3, 0.4) is 0 Å². The smallest absolute Gasteiger partial charge is 0.227 e. The monoisotopic (exact) mass is 329 g/mol. The zero-order valence-corrected chi connectivity index (χ0v) is 13.3. The van der Waals surface area contributed by atoms with Gasteiger partial charge in [0.15, 0.2) is 9.84 Å². The molecule has 5 nitrogen and oxygen atoms in total. The molecule has 0 saturated carbocycles. The number of carbonyl (C=O) groups excluding carboxylic acids is 1. The summed E-state index contributed by atoms with van der Waals surface area (Å²) in [6.45, 7) is 0.629. The number of amides is 1. The molecule has 7 heteroatoms. The summed E-state index contributed by atoms with van der Waals surface area (Å²) in [6, 6.07) is 5.76. The Bertz CT molecular complexity index is 632. The Morgan fingerprint density at radius 2 is 2.14 bits per heavy atom. The molecule has 1 aliphatic rings. The molecule has 1 atom stereocenters. The van der Waals surface area contributed by atoms with Crippen molar-refractivity contribution in [2.24, 2.45) is 0 Å². The van der Waals surface area contributed by atoms with Crippen LogP contribution in [-0.2, 0) is 25.8 Å². The van der Waals surface area contributed by atoms with Crippen LogP contribution < -0.4 is 0 Å². The van der Waals surface area contributed by atoms with Gasteiger partial charge in [0.05, 0.1) is 24.5 Å². The summed E-state index contributed by atoms with van der Waals surface area (Å²) in [5.41, 5.74) is 0.316. The Kier molecular flexibility index (Phi) is 5.52. The van der Waals surface area contributed by atoms with E-state index in [4.69, 9.17) is 4.74 Å². The number of nitrogens with zero attached hydrogens (tertiary/aromatic N) is 1. The van der Waals surface area contributed by atoms with E-state index in [-0.39, 0.29) is 29.9 Å². The second-order valence-corrected chi connectivity index (χ2v) is 7.63. The zero-order chi connectivity index (χ0) is 16.2. The van der Waals surface area contributed by atoms with Crippen LogP contribution in [0.1, 0.15) is 12.0 Å². The molecule has 1 unspecified atom stereocenters. The van der Waals surface area contributed by atoms with Crippen molar-refractivity contribution in [1.82, 2.24) is 4.90 Å². The molecule has 0 aromatic heterocycles. The summed E-state index contributed by atoms with van der Waals surface area (Å²) in [5.74, 6) is -0.640. The predicted octanol–water partition coefficient (Wildman–Crippen LogP) is 1.03. The zero-order valence-electron chi connectivity index (χ0n) is 12.5. The van der Waals surface area contributed by atoms with E-state index < -0.39 is 15.7 Å². The maximum Gasteiger partial charge on any atom is 0.227 e. The molecule has 22 heavy (non-hydrogen) atoms. The lowest BCUT2D eigenvalue weighted by Crippen LogP contribution is -2.43. The lowest BCUT2D eigenvalue weighted by molar-refractivity contribution is -0.133. The molecule has 0 aliphatic carbocycles. The second kappa shape index (κ2) is 7.19. The molecular weight excluding hydrogens is 309 g/mol. The van der Waals surface area contributed by atoms with Crippen molar-refractivity contribution in [3.8, 4) is 0 Å². The predicted molar refractivity (Wildman–Crippen MR) is 80.8 cm³/mol. The normalized spacial score (nSPS) is 20.0. The summed E-state index contributed by atoms with van der Waals surface area (Å²) in [5, 5.41) is 0. The molecule has 122 valence electrons. The summed E-state index contributed by atoms with van der Waals surface area (Å²) < 4.78 is 41.9. The highest BCUT2D eigenvalue weighted by atomic mass is 32.2. The molecule has 1 aromatic carbocycles. The Hall–Kier alpha value is -1.47. The molecular formula is C15H20FNO4S. The molecule has 1 saturated heterocycles. The Labute approximate surface area is 130 Å². The fraction of sp³-hybridized carbons (Fsp3) is 0.533. The van der Waals surface area contributed by atoms with Crippen molar-refractivity contribution < 1.29 is 22.3 Å². The van der Waals surface area contributed by atoms with Gasteiger partial charge in [-0.15, -0.1) is 0 Å². The Morgan fingerprint density at radius 1 is 1.41 bits per heavy atom. The van der Waals surface area contributed by atoms with Crippen molar-refractivity contribution in [1.29, 1.82) is 0 Å². The van der Waals surface area contributed by atoms with Crippen LogP contribution in [0.15, 0.2) is 24.3 Å². The van der Waals surface area contributed by atoms with Crippen molar-refractivity contribution >= 4 is 15.7 Å². The van der Waals surface area contributed by atoms with E-state index in [1.54, 1.807) is 18.2 Å². The maximum absolute atomic E-state index is 13.7.